The van der Waals surface area contributed by atoms with Gasteiger partial charge in [0.25, 0.3) is 0 Å². The van der Waals surface area contributed by atoms with Gasteiger partial charge in [-0.15, -0.1) is 0 Å². The standard InChI is InChI=1S/C2H6O5S2.2Na.2H/c3-1-9(6)7-2-8(4)5;;;;/h3H,1-2H2,(H,4,5);;;;. The Morgan fingerprint density at radius 2 is 1.73 bits per heavy atom. The topological polar surface area (TPSA) is 83.8 Å². The predicted molar refractivity (Wildman–Crippen MR) is 46.2 cm³/mol. The van der Waals surface area contributed by atoms with E-state index in [4.69, 9.17) is 9.66 Å². The van der Waals surface area contributed by atoms with Gasteiger partial charge >= 0.3 is 59.1 Å². The van der Waals surface area contributed by atoms with Gasteiger partial charge in [0.2, 0.25) is 0 Å². The van der Waals surface area contributed by atoms with Gasteiger partial charge in [-0.25, -0.2) is 8.42 Å². The molecule has 2 unspecified atom stereocenters. The van der Waals surface area contributed by atoms with E-state index in [9.17, 15) is 8.42 Å². The molecule has 5 nitrogen and oxygen atoms in total. The summed E-state index contributed by atoms with van der Waals surface area (Å²) in [6, 6.07) is 0. The van der Waals surface area contributed by atoms with Crippen LogP contribution in [0.3, 0.4) is 0 Å². The fourth-order valence-corrected chi connectivity index (χ4v) is 0.965. The molecule has 0 heterocycles. The van der Waals surface area contributed by atoms with Crippen LogP contribution in [0.5, 0.6) is 0 Å². The van der Waals surface area contributed by atoms with E-state index in [1.54, 1.807) is 0 Å². The normalized spacial score (nSPS) is 14.0. The van der Waals surface area contributed by atoms with Crippen LogP contribution in [-0.2, 0) is 26.3 Å². The number of aliphatic hydroxyl groups excluding tert-OH is 1. The van der Waals surface area contributed by atoms with Crippen LogP contribution < -0.4 is 0 Å². The van der Waals surface area contributed by atoms with E-state index >= 15 is 0 Å². The Kier molecular flexibility index (Phi) is 20.9. The van der Waals surface area contributed by atoms with Crippen molar-refractivity contribution in [2.24, 2.45) is 0 Å². The molecule has 0 aromatic carbocycles. The SMILES string of the molecule is O=S(O)COS(=O)CO.[NaH].[NaH]. The van der Waals surface area contributed by atoms with E-state index in [1.165, 1.54) is 0 Å². The molecule has 0 radical (unpaired) electrons. The van der Waals surface area contributed by atoms with Crippen molar-refractivity contribution in [2.45, 2.75) is 0 Å². The Morgan fingerprint density at radius 3 is 2.00 bits per heavy atom. The molecule has 0 bridgehead atoms. The molecule has 0 saturated heterocycles. The third-order valence-corrected chi connectivity index (χ3v) is 1.45. The van der Waals surface area contributed by atoms with Crippen LogP contribution in [0.2, 0.25) is 0 Å². The first kappa shape index (κ1) is 18.9. The molecule has 11 heavy (non-hydrogen) atoms. The second-order valence-corrected chi connectivity index (χ2v) is 2.97. The second-order valence-electron chi connectivity index (χ2n) is 0.990. The van der Waals surface area contributed by atoms with Crippen LogP contribution >= 0.6 is 0 Å². The molecular weight excluding hydrogens is 214 g/mol. The summed E-state index contributed by atoms with van der Waals surface area (Å²) in [6.07, 6.45) is 0. The molecule has 0 saturated carbocycles. The van der Waals surface area contributed by atoms with Crippen molar-refractivity contribution in [1.82, 2.24) is 0 Å². The average Bonchev–Trinajstić information content (AvgIpc) is 1.83. The summed E-state index contributed by atoms with van der Waals surface area (Å²) >= 11 is -3.96. The van der Waals surface area contributed by atoms with Gasteiger partial charge in [-0.05, 0) is 0 Å². The van der Waals surface area contributed by atoms with E-state index in [2.05, 4.69) is 4.18 Å². The van der Waals surface area contributed by atoms with Crippen LogP contribution in [0.1, 0.15) is 0 Å². The van der Waals surface area contributed by atoms with Gasteiger partial charge in [0.1, 0.15) is 5.94 Å². The zero-order valence-electron chi connectivity index (χ0n) is 4.35. The zero-order valence-corrected chi connectivity index (χ0v) is 5.98. The van der Waals surface area contributed by atoms with Crippen molar-refractivity contribution in [3.63, 3.8) is 0 Å². The van der Waals surface area contributed by atoms with Gasteiger partial charge < -0.3 is 9.66 Å². The monoisotopic (exact) mass is 222 g/mol. The minimum atomic E-state index is -2.11. The summed E-state index contributed by atoms with van der Waals surface area (Å²) in [6.45, 7) is 0. The van der Waals surface area contributed by atoms with E-state index < -0.39 is 34.0 Å². The molecule has 0 aromatic heterocycles. The molecule has 2 atom stereocenters. The average molecular weight is 222 g/mol. The van der Waals surface area contributed by atoms with Gasteiger partial charge in [-0.3, -0.25) is 4.18 Å². The Balaban J connectivity index is -0.000000320. The van der Waals surface area contributed by atoms with Gasteiger partial charge in [-0.1, -0.05) is 0 Å². The van der Waals surface area contributed by atoms with Crippen LogP contribution in [-0.4, -0.2) is 89.1 Å². The van der Waals surface area contributed by atoms with Crippen molar-refractivity contribution in [1.29, 1.82) is 0 Å². The quantitative estimate of drug-likeness (QED) is 0.406. The summed E-state index contributed by atoms with van der Waals surface area (Å²) in [7, 11) is 0. The zero-order chi connectivity index (χ0) is 7.28. The molecule has 0 fully saturated rings. The molecular formula is C2H8Na2O5S2. The van der Waals surface area contributed by atoms with Gasteiger partial charge in [0.15, 0.2) is 28.1 Å². The third-order valence-electron chi connectivity index (χ3n) is 0.386. The predicted octanol–water partition coefficient (Wildman–Crippen LogP) is -2.50. The van der Waals surface area contributed by atoms with Crippen molar-refractivity contribution in [3.05, 3.63) is 0 Å². The first-order chi connectivity index (χ1) is 4.16. The fraction of sp³-hybridized carbons (Fsp3) is 1.00. The van der Waals surface area contributed by atoms with Gasteiger partial charge in [0, 0.05) is 0 Å². The first-order valence-electron chi connectivity index (χ1n) is 1.86. The summed E-state index contributed by atoms with van der Waals surface area (Å²) < 4.78 is 32.1. The van der Waals surface area contributed by atoms with E-state index in [0.717, 1.165) is 0 Å². The molecule has 0 aliphatic heterocycles. The summed E-state index contributed by atoms with van der Waals surface area (Å²) in [5, 5.41) is 8.04. The third kappa shape index (κ3) is 15.0. The van der Waals surface area contributed by atoms with Crippen LogP contribution in [0.15, 0.2) is 0 Å². The Bertz CT molecular complexity index is 130. The maximum absolute atomic E-state index is 10.1. The molecule has 0 aliphatic carbocycles. The molecule has 2 N–H and O–H groups in total. The van der Waals surface area contributed by atoms with E-state index in [0.29, 0.717) is 0 Å². The van der Waals surface area contributed by atoms with Crippen molar-refractivity contribution in [3.8, 4) is 0 Å². The summed E-state index contributed by atoms with van der Waals surface area (Å²) in [5.41, 5.74) is 0. The molecule has 9 heteroatoms. The van der Waals surface area contributed by atoms with Crippen molar-refractivity contribution >= 4 is 81.3 Å². The van der Waals surface area contributed by atoms with Gasteiger partial charge in [-0.2, -0.15) is 0 Å². The molecule has 0 aliphatic rings. The molecule has 0 aromatic rings. The molecule has 60 valence electrons. The van der Waals surface area contributed by atoms with E-state index in [1.807, 2.05) is 0 Å². The van der Waals surface area contributed by atoms with Gasteiger partial charge in [0.05, 0.1) is 0 Å². The second kappa shape index (κ2) is 12.2. The summed E-state index contributed by atoms with van der Waals surface area (Å²) in [5.74, 6) is -1.19. The first-order valence-corrected chi connectivity index (χ1v) is 4.38. The number of rotatable bonds is 4. The summed E-state index contributed by atoms with van der Waals surface area (Å²) in [4.78, 5) is 0. The Hall–Kier alpha value is 2.18. The number of hydrogen-bond donors (Lipinski definition) is 2. The molecule has 0 spiro atoms. The fourth-order valence-electron chi connectivity index (χ4n) is 0.132. The number of aliphatic hydroxyl groups is 1. The van der Waals surface area contributed by atoms with Crippen LogP contribution in [0.25, 0.3) is 0 Å². The van der Waals surface area contributed by atoms with Crippen molar-refractivity contribution in [2.75, 3.05) is 11.9 Å². The number of hydrogen-bond acceptors (Lipinski definition) is 4. The Labute approximate surface area is 114 Å². The minimum absolute atomic E-state index is 0. The molecule has 0 amide bonds. The Morgan fingerprint density at radius 1 is 1.27 bits per heavy atom. The maximum atomic E-state index is 10.1. The molecule has 0 rings (SSSR count). The van der Waals surface area contributed by atoms with Crippen LogP contribution in [0.4, 0.5) is 0 Å². The van der Waals surface area contributed by atoms with Crippen molar-refractivity contribution < 1.29 is 22.3 Å². The van der Waals surface area contributed by atoms with Crippen LogP contribution in [0, 0.1) is 0 Å². The van der Waals surface area contributed by atoms with E-state index in [-0.39, 0.29) is 59.1 Å².